The van der Waals surface area contributed by atoms with Crippen molar-refractivity contribution in [2.45, 2.75) is 30.2 Å². The molecule has 0 aromatic heterocycles. The Morgan fingerprint density at radius 1 is 1.22 bits per heavy atom. The Hall–Kier alpha value is -1.44. The average Bonchev–Trinajstić information content (AvgIpc) is 3.09. The molecule has 1 amide bonds. The average molecular weight is 338 g/mol. The van der Waals surface area contributed by atoms with Crippen molar-refractivity contribution in [3.63, 3.8) is 0 Å². The molecule has 0 radical (unpaired) electrons. The fraction of sp³-hybridized carbons (Fsp3) is 0.562. The van der Waals surface area contributed by atoms with E-state index < -0.39 is 10.0 Å². The Balaban J connectivity index is 1.63. The van der Waals surface area contributed by atoms with Crippen LogP contribution in [0, 0.1) is 5.92 Å². The van der Waals surface area contributed by atoms with Crippen LogP contribution in [0.2, 0.25) is 0 Å². The number of likely N-dealkylation sites (tertiary alicyclic amines) is 1. The first-order valence-corrected chi connectivity index (χ1v) is 9.48. The Morgan fingerprint density at radius 3 is 2.70 bits per heavy atom. The maximum absolute atomic E-state index is 12.5. The third-order valence-electron chi connectivity index (χ3n) is 4.39. The quantitative estimate of drug-likeness (QED) is 0.888. The third-order valence-corrected chi connectivity index (χ3v) is 5.92. The first-order chi connectivity index (χ1) is 11.1. The number of hydrogen-bond donors (Lipinski definition) is 1. The fourth-order valence-corrected chi connectivity index (χ4v) is 4.43. The molecule has 2 aliphatic heterocycles. The minimum atomic E-state index is -3.54. The minimum Gasteiger partial charge on any atom is -0.381 e. The van der Waals surface area contributed by atoms with Gasteiger partial charge in [-0.2, -0.15) is 0 Å². The SMILES string of the molecule is O=C([C@H]1CCOC1)N1CCC[C@H](NS(=O)(=O)c2ccccc2)C1. The summed E-state index contributed by atoms with van der Waals surface area (Å²) in [6, 6.07) is 8.09. The monoisotopic (exact) mass is 338 g/mol. The zero-order chi connectivity index (χ0) is 16.3. The van der Waals surface area contributed by atoms with Crippen molar-refractivity contribution < 1.29 is 17.9 Å². The van der Waals surface area contributed by atoms with Crippen LogP contribution in [0.25, 0.3) is 0 Å². The van der Waals surface area contributed by atoms with Gasteiger partial charge in [0.25, 0.3) is 0 Å². The molecule has 2 saturated heterocycles. The van der Waals surface area contributed by atoms with Crippen molar-refractivity contribution in [3.8, 4) is 0 Å². The van der Waals surface area contributed by atoms with Gasteiger partial charge in [-0.15, -0.1) is 0 Å². The molecule has 1 aromatic carbocycles. The van der Waals surface area contributed by atoms with Gasteiger partial charge in [0.1, 0.15) is 0 Å². The second kappa shape index (κ2) is 6.98. The summed E-state index contributed by atoms with van der Waals surface area (Å²) in [7, 11) is -3.54. The molecule has 0 aliphatic carbocycles. The number of carbonyl (C=O) groups excluding carboxylic acids is 1. The number of carbonyl (C=O) groups is 1. The number of ether oxygens (including phenoxy) is 1. The van der Waals surface area contributed by atoms with E-state index in [-0.39, 0.29) is 22.8 Å². The zero-order valence-electron chi connectivity index (χ0n) is 13.0. The van der Waals surface area contributed by atoms with Crippen LogP contribution in [0.5, 0.6) is 0 Å². The van der Waals surface area contributed by atoms with Crippen molar-refractivity contribution in [1.82, 2.24) is 9.62 Å². The van der Waals surface area contributed by atoms with E-state index in [4.69, 9.17) is 4.74 Å². The van der Waals surface area contributed by atoms with Gasteiger partial charge in [-0.25, -0.2) is 13.1 Å². The molecule has 6 nitrogen and oxygen atoms in total. The second-order valence-electron chi connectivity index (χ2n) is 6.12. The highest BCUT2D eigenvalue weighted by molar-refractivity contribution is 7.89. The highest BCUT2D eigenvalue weighted by Crippen LogP contribution is 2.20. The van der Waals surface area contributed by atoms with Gasteiger partial charge in [-0.3, -0.25) is 4.79 Å². The Bertz CT molecular complexity index is 641. The summed E-state index contributed by atoms with van der Waals surface area (Å²) in [6.45, 7) is 2.24. The van der Waals surface area contributed by atoms with Crippen molar-refractivity contribution in [2.24, 2.45) is 5.92 Å². The predicted octanol–water partition coefficient (Wildman–Crippen LogP) is 0.992. The van der Waals surface area contributed by atoms with Crippen molar-refractivity contribution in [1.29, 1.82) is 0 Å². The minimum absolute atomic E-state index is 0.0699. The van der Waals surface area contributed by atoms with Crippen LogP contribution in [0.3, 0.4) is 0 Å². The Kier molecular flexibility index (Phi) is 4.99. The van der Waals surface area contributed by atoms with E-state index in [1.165, 1.54) is 0 Å². The number of amides is 1. The van der Waals surface area contributed by atoms with E-state index in [2.05, 4.69) is 4.72 Å². The molecular formula is C16H22N2O4S. The lowest BCUT2D eigenvalue weighted by molar-refractivity contribution is -0.136. The van der Waals surface area contributed by atoms with Crippen molar-refractivity contribution in [2.75, 3.05) is 26.3 Å². The smallest absolute Gasteiger partial charge is 0.240 e. The second-order valence-corrected chi connectivity index (χ2v) is 7.83. The van der Waals surface area contributed by atoms with Crippen molar-refractivity contribution >= 4 is 15.9 Å². The van der Waals surface area contributed by atoms with Gasteiger partial charge in [0.15, 0.2) is 0 Å². The molecule has 0 saturated carbocycles. The lowest BCUT2D eigenvalue weighted by atomic mass is 10.0. The first kappa shape index (κ1) is 16.4. The topological polar surface area (TPSA) is 75.7 Å². The zero-order valence-corrected chi connectivity index (χ0v) is 13.8. The van der Waals surface area contributed by atoms with Crippen LogP contribution in [-0.2, 0) is 19.6 Å². The van der Waals surface area contributed by atoms with Gasteiger partial charge in [-0.1, -0.05) is 18.2 Å². The predicted molar refractivity (Wildman–Crippen MR) is 85.3 cm³/mol. The highest BCUT2D eigenvalue weighted by Gasteiger charge is 2.32. The maximum Gasteiger partial charge on any atom is 0.240 e. The van der Waals surface area contributed by atoms with Crippen LogP contribution in [-0.4, -0.2) is 51.6 Å². The standard InChI is InChI=1S/C16H22N2O4S/c19-16(13-8-10-22-12-13)18-9-4-5-14(11-18)17-23(20,21)15-6-2-1-3-7-15/h1-3,6-7,13-14,17H,4-5,8-12H2/t13-,14-/m0/s1. The summed E-state index contributed by atoms with van der Waals surface area (Å²) in [6.07, 6.45) is 2.31. The number of piperidine rings is 1. The largest absolute Gasteiger partial charge is 0.381 e. The maximum atomic E-state index is 12.5. The number of nitrogens with one attached hydrogen (secondary N) is 1. The number of sulfonamides is 1. The molecule has 1 N–H and O–H groups in total. The van der Waals surface area contributed by atoms with Gasteiger partial charge in [-0.05, 0) is 31.4 Å². The van der Waals surface area contributed by atoms with Crippen LogP contribution < -0.4 is 4.72 Å². The van der Waals surface area contributed by atoms with Gasteiger partial charge in [0.05, 0.1) is 17.4 Å². The molecule has 2 heterocycles. The first-order valence-electron chi connectivity index (χ1n) is 8.00. The molecule has 2 atom stereocenters. The summed E-state index contributed by atoms with van der Waals surface area (Å²) in [5, 5.41) is 0. The lowest BCUT2D eigenvalue weighted by Crippen LogP contribution is -2.51. The van der Waals surface area contributed by atoms with E-state index in [0.717, 1.165) is 19.3 Å². The summed E-state index contributed by atoms with van der Waals surface area (Å²) < 4.78 is 32.8. The molecule has 0 unspecified atom stereocenters. The van der Waals surface area contributed by atoms with Crippen LogP contribution in [0.1, 0.15) is 19.3 Å². The van der Waals surface area contributed by atoms with Crippen LogP contribution >= 0.6 is 0 Å². The molecular weight excluding hydrogens is 316 g/mol. The molecule has 7 heteroatoms. The molecule has 126 valence electrons. The van der Waals surface area contributed by atoms with E-state index in [0.29, 0.717) is 26.3 Å². The number of hydrogen-bond acceptors (Lipinski definition) is 4. The number of nitrogens with zero attached hydrogens (tertiary/aromatic N) is 1. The Morgan fingerprint density at radius 2 is 2.00 bits per heavy atom. The van der Waals surface area contributed by atoms with Gasteiger partial charge < -0.3 is 9.64 Å². The Labute approximate surface area is 136 Å². The van der Waals surface area contributed by atoms with Gasteiger partial charge in [0.2, 0.25) is 15.9 Å². The molecule has 2 fully saturated rings. The molecule has 0 spiro atoms. The van der Waals surface area contributed by atoms with Crippen molar-refractivity contribution in [3.05, 3.63) is 30.3 Å². The van der Waals surface area contributed by atoms with E-state index in [9.17, 15) is 13.2 Å². The molecule has 0 bridgehead atoms. The van der Waals surface area contributed by atoms with Gasteiger partial charge >= 0.3 is 0 Å². The van der Waals surface area contributed by atoms with Gasteiger partial charge in [0, 0.05) is 25.7 Å². The lowest BCUT2D eigenvalue weighted by Gasteiger charge is -2.34. The summed E-state index contributed by atoms with van der Waals surface area (Å²) in [5.74, 6) is 0.0191. The molecule has 1 aromatic rings. The fourth-order valence-electron chi connectivity index (χ4n) is 3.15. The summed E-state index contributed by atoms with van der Waals surface area (Å²) >= 11 is 0. The third kappa shape index (κ3) is 3.91. The molecule has 2 aliphatic rings. The summed E-state index contributed by atoms with van der Waals surface area (Å²) in [5.41, 5.74) is 0. The van der Waals surface area contributed by atoms with E-state index >= 15 is 0 Å². The number of rotatable bonds is 4. The summed E-state index contributed by atoms with van der Waals surface area (Å²) in [4.78, 5) is 14.5. The van der Waals surface area contributed by atoms with Crippen LogP contribution in [0.15, 0.2) is 35.2 Å². The highest BCUT2D eigenvalue weighted by atomic mass is 32.2. The normalized spacial score (nSPS) is 25.5. The van der Waals surface area contributed by atoms with Crippen LogP contribution in [0.4, 0.5) is 0 Å². The molecule has 3 rings (SSSR count). The van der Waals surface area contributed by atoms with E-state index in [1.807, 2.05) is 0 Å². The number of benzene rings is 1. The van der Waals surface area contributed by atoms with E-state index in [1.54, 1.807) is 35.2 Å². The molecule has 23 heavy (non-hydrogen) atoms.